The maximum Gasteiger partial charge on any atom is 0.0615 e. The molecule has 0 bridgehead atoms. The highest BCUT2D eigenvalue weighted by Crippen LogP contribution is 2.13. The van der Waals surface area contributed by atoms with E-state index in [9.17, 15) is 0 Å². The highest BCUT2D eigenvalue weighted by atomic mass is 14.8. The van der Waals surface area contributed by atoms with Crippen LogP contribution in [0.2, 0.25) is 0 Å². The molecule has 3 nitrogen and oxygen atoms in total. The van der Waals surface area contributed by atoms with Crippen LogP contribution in [-0.4, -0.2) is 15.0 Å². The lowest BCUT2D eigenvalue weighted by Crippen LogP contribution is -2.02. The number of pyridine rings is 1. The van der Waals surface area contributed by atoms with Crippen LogP contribution in [-0.2, 0) is 12.8 Å². The number of aromatic nitrogens is 3. The number of nitrogens with zero attached hydrogens (tertiary/aromatic N) is 3. The van der Waals surface area contributed by atoms with Gasteiger partial charge in [-0.25, -0.2) is 0 Å². The molecule has 0 saturated heterocycles. The Morgan fingerprint density at radius 3 is 1.73 bits per heavy atom. The second-order valence-electron chi connectivity index (χ2n) is 8.49. The van der Waals surface area contributed by atoms with Gasteiger partial charge in [-0.2, -0.15) is 0 Å². The van der Waals surface area contributed by atoms with Crippen LogP contribution < -0.4 is 0 Å². The molecule has 0 atom stereocenters. The molecule has 3 heteroatoms. The topological polar surface area (TPSA) is 38.7 Å². The molecule has 0 aliphatic carbocycles. The van der Waals surface area contributed by atoms with Crippen molar-refractivity contribution >= 4 is 0 Å². The van der Waals surface area contributed by atoms with Crippen molar-refractivity contribution in [2.75, 3.05) is 0 Å². The van der Waals surface area contributed by atoms with Crippen LogP contribution in [0.5, 0.6) is 0 Å². The number of hydrogen-bond donors (Lipinski definition) is 0. The van der Waals surface area contributed by atoms with Crippen molar-refractivity contribution in [1.29, 1.82) is 0 Å². The van der Waals surface area contributed by atoms with Crippen molar-refractivity contribution in [2.24, 2.45) is 11.8 Å². The molecule has 2 heterocycles. The summed E-state index contributed by atoms with van der Waals surface area (Å²) in [4.78, 5) is 13.4. The Morgan fingerprint density at radius 2 is 1.19 bits per heavy atom. The first-order valence-electron chi connectivity index (χ1n) is 9.95. The fourth-order valence-corrected chi connectivity index (χ4v) is 2.57. The Bertz CT molecular complexity index is 588. The zero-order valence-electron chi connectivity index (χ0n) is 18.0. The third kappa shape index (κ3) is 8.55. The first-order chi connectivity index (χ1) is 12.2. The largest absolute Gasteiger partial charge is 0.261 e. The second kappa shape index (κ2) is 11.1. The molecule has 144 valence electrons. The lowest BCUT2D eigenvalue weighted by molar-refractivity contribution is 0.627. The molecule has 26 heavy (non-hydrogen) atoms. The monoisotopic (exact) mass is 355 g/mol. The zero-order chi connectivity index (χ0) is 19.7. The first-order valence-corrected chi connectivity index (χ1v) is 9.95. The molecule has 0 amide bonds. The van der Waals surface area contributed by atoms with E-state index in [2.05, 4.69) is 88.5 Å². The Balaban J connectivity index is 0.000000260. The van der Waals surface area contributed by atoms with Gasteiger partial charge in [-0.15, -0.1) is 0 Å². The van der Waals surface area contributed by atoms with Crippen molar-refractivity contribution in [3.63, 3.8) is 0 Å². The van der Waals surface area contributed by atoms with Gasteiger partial charge in [0.2, 0.25) is 0 Å². The minimum absolute atomic E-state index is 0.472. The van der Waals surface area contributed by atoms with Gasteiger partial charge in [-0.1, -0.05) is 61.5 Å². The van der Waals surface area contributed by atoms with E-state index < -0.39 is 0 Å². The normalized spacial score (nSPS) is 11.2. The number of rotatable bonds is 6. The fourth-order valence-electron chi connectivity index (χ4n) is 2.57. The average Bonchev–Trinajstić information content (AvgIpc) is 2.54. The Labute approximate surface area is 160 Å². The van der Waals surface area contributed by atoms with Crippen molar-refractivity contribution in [2.45, 2.75) is 80.1 Å². The average molecular weight is 356 g/mol. The summed E-state index contributed by atoms with van der Waals surface area (Å²) in [6.45, 7) is 17.5. The van der Waals surface area contributed by atoms with Crippen LogP contribution in [0.15, 0.2) is 30.6 Å². The van der Waals surface area contributed by atoms with E-state index in [-0.39, 0.29) is 0 Å². The molecule has 0 aromatic carbocycles. The third-order valence-corrected chi connectivity index (χ3v) is 3.95. The van der Waals surface area contributed by atoms with Gasteiger partial charge in [-0.3, -0.25) is 15.0 Å². The van der Waals surface area contributed by atoms with Gasteiger partial charge in [0.25, 0.3) is 0 Å². The summed E-state index contributed by atoms with van der Waals surface area (Å²) in [5.41, 5.74) is 4.64. The maximum atomic E-state index is 4.61. The van der Waals surface area contributed by atoms with Gasteiger partial charge in [0, 0.05) is 23.8 Å². The van der Waals surface area contributed by atoms with Gasteiger partial charge in [0.15, 0.2) is 0 Å². The Hall–Kier alpha value is -1.77. The molecule has 0 saturated carbocycles. The van der Waals surface area contributed by atoms with Crippen LogP contribution in [0.25, 0.3) is 0 Å². The zero-order valence-corrected chi connectivity index (χ0v) is 18.0. The lowest BCUT2D eigenvalue weighted by atomic mass is 10.1. The SMILES string of the molecule is CC(C)Cc1cccc(C(C)C)n1.CC(C)Cc1cncc(C(C)C)n1. The highest BCUT2D eigenvalue weighted by molar-refractivity contribution is 5.14. The minimum Gasteiger partial charge on any atom is -0.261 e. The molecular weight excluding hydrogens is 318 g/mol. The summed E-state index contributed by atoms with van der Waals surface area (Å²) in [6, 6.07) is 6.33. The van der Waals surface area contributed by atoms with Gasteiger partial charge in [-0.05, 0) is 48.6 Å². The van der Waals surface area contributed by atoms with E-state index in [0.717, 1.165) is 24.2 Å². The van der Waals surface area contributed by atoms with E-state index in [0.29, 0.717) is 23.7 Å². The summed E-state index contributed by atoms with van der Waals surface area (Å²) in [5, 5.41) is 0. The molecule has 2 aromatic rings. The highest BCUT2D eigenvalue weighted by Gasteiger charge is 2.04. The summed E-state index contributed by atoms with van der Waals surface area (Å²) in [6.07, 6.45) is 5.83. The lowest BCUT2D eigenvalue weighted by Gasteiger charge is -2.08. The first kappa shape index (κ1) is 22.3. The molecule has 0 unspecified atom stereocenters. The van der Waals surface area contributed by atoms with Crippen LogP contribution in [0.3, 0.4) is 0 Å². The Morgan fingerprint density at radius 1 is 0.654 bits per heavy atom. The van der Waals surface area contributed by atoms with Crippen molar-refractivity contribution < 1.29 is 0 Å². The molecule has 0 spiro atoms. The summed E-state index contributed by atoms with van der Waals surface area (Å²) < 4.78 is 0. The standard InChI is InChI=1S/C12H19N.C11H18N2/c1-9(2)8-11-6-5-7-12(13-11)10(3)4;1-8(2)5-10-6-12-7-11(13-10)9(3)4/h5-7,9-10H,8H2,1-4H3;6-9H,5H2,1-4H3. The maximum absolute atomic E-state index is 4.61. The van der Waals surface area contributed by atoms with Crippen LogP contribution in [0.1, 0.15) is 90.0 Å². The quantitative estimate of drug-likeness (QED) is 0.619. The van der Waals surface area contributed by atoms with Crippen molar-refractivity contribution in [3.05, 3.63) is 53.4 Å². The van der Waals surface area contributed by atoms with E-state index >= 15 is 0 Å². The third-order valence-electron chi connectivity index (χ3n) is 3.95. The fraction of sp³-hybridized carbons (Fsp3) is 0.609. The minimum atomic E-state index is 0.472. The van der Waals surface area contributed by atoms with Crippen LogP contribution in [0.4, 0.5) is 0 Å². The second-order valence-corrected chi connectivity index (χ2v) is 8.49. The molecule has 0 fully saturated rings. The van der Waals surface area contributed by atoms with E-state index in [4.69, 9.17) is 0 Å². The summed E-state index contributed by atoms with van der Waals surface area (Å²) in [5.74, 6) is 2.35. The smallest absolute Gasteiger partial charge is 0.0615 e. The molecule has 0 radical (unpaired) electrons. The van der Waals surface area contributed by atoms with Crippen molar-refractivity contribution in [3.8, 4) is 0 Å². The van der Waals surface area contributed by atoms with E-state index in [1.165, 1.54) is 11.4 Å². The molecule has 0 N–H and O–H groups in total. The molecule has 0 aliphatic heterocycles. The molecule has 0 aliphatic rings. The summed E-state index contributed by atoms with van der Waals surface area (Å²) in [7, 11) is 0. The van der Waals surface area contributed by atoms with Gasteiger partial charge >= 0.3 is 0 Å². The van der Waals surface area contributed by atoms with Crippen molar-refractivity contribution in [1.82, 2.24) is 15.0 Å². The predicted molar refractivity (Wildman–Crippen MR) is 112 cm³/mol. The Kier molecular flexibility index (Phi) is 9.47. The molecule has 2 aromatic heterocycles. The van der Waals surface area contributed by atoms with Gasteiger partial charge in [0.1, 0.15) is 0 Å². The number of hydrogen-bond acceptors (Lipinski definition) is 3. The summed E-state index contributed by atoms with van der Waals surface area (Å²) >= 11 is 0. The van der Waals surface area contributed by atoms with E-state index in [1.807, 2.05) is 12.4 Å². The molecular formula is C23H37N3. The molecule has 2 rings (SSSR count). The van der Waals surface area contributed by atoms with Gasteiger partial charge in [0.05, 0.1) is 11.4 Å². The van der Waals surface area contributed by atoms with Crippen LogP contribution >= 0.6 is 0 Å². The van der Waals surface area contributed by atoms with Crippen LogP contribution in [0, 0.1) is 11.8 Å². The van der Waals surface area contributed by atoms with Gasteiger partial charge < -0.3 is 0 Å². The predicted octanol–water partition coefficient (Wildman–Crippen LogP) is 6.20. The van der Waals surface area contributed by atoms with E-state index in [1.54, 1.807) is 0 Å².